The lowest BCUT2D eigenvalue weighted by atomic mass is 10.0. The number of aliphatic hydroxyl groups excluding tert-OH is 1. The molecule has 1 amide bonds. The smallest absolute Gasteiger partial charge is 0.262 e. The van der Waals surface area contributed by atoms with E-state index >= 15 is 0 Å². The Labute approximate surface area is 126 Å². The lowest BCUT2D eigenvalue weighted by Gasteiger charge is -2.18. The predicted octanol–water partition coefficient (Wildman–Crippen LogP) is 0.981. The highest BCUT2D eigenvalue weighted by Gasteiger charge is 2.14. The van der Waals surface area contributed by atoms with E-state index in [-0.39, 0.29) is 30.7 Å². The van der Waals surface area contributed by atoms with E-state index < -0.39 is 0 Å². The summed E-state index contributed by atoms with van der Waals surface area (Å²) in [7, 11) is 0. The summed E-state index contributed by atoms with van der Waals surface area (Å²) in [4.78, 5) is 29.0. The van der Waals surface area contributed by atoms with Gasteiger partial charge in [0.2, 0.25) is 5.91 Å². The molecular formula is C14H19N3O3S. The Balaban J connectivity index is 2.07. The van der Waals surface area contributed by atoms with Gasteiger partial charge in [-0.05, 0) is 23.8 Å². The summed E-state index contributed by atoms with van der Waals surface area (Å²) < 4.78 is 1.29. The number of carbonyl (C=O) groups is 1. The number of carbonyl (C=O) groups excluding carboxylic acids is 1. The SMILES string of the molecule is CC(C)CC(CO)NC(=O)Cn1cnc2sccc2c1=O. The highest BCUT2D eigenvalue weighted by Crippen LogP contribution is 2.13. The molecule has 0 saturated carbocycles. The highest BCUT2D eigenvalue weighted by molar-refractivity contribution is 7.16. The lowest BCUT2D eigenvalue weighted by Crippen LogP contribution is -2.41. The minimum Gasteiger partial charge on any atom is -0.394 e. The van der Waals surface area contributed by atoms with E-state index in [2.05, 4.69) is 10.3 Å². The number of aliphatic hydroxyl groups is 1. The molecule has 2 aromatic heterocycles. The van der Waals surface area contributed by atoms with Crippen LogP contribution in [0.5, 0.6) is 0 Å². The Morgan fingerprint density at radius 3 is 2.95 bits per heavy atom. The molecule has 0 bridgehead atoms. The van der Waals surface area contributed by atoms with E-state index in [0.29, 0.717) is 22.6 Å². The van der Waals surface area contributed by atoms with Crippen LogP contribution in [0, 0.1) is 5.92 Å². The van der Waals surface area contributed by atoms with Gasteiger partial charge in [-0.1, -0.05) is 13.8 Å². The van der Waals surface area contributed by atoms with Crippen LogP contribution in [0.1, 0.15) is 20.3 Å². The van der Waals surface area contributed by atoms with Crippen molar-refractivity contribution >= 4 is 27.5 Å². The fourth-order valence-electron chi connectivity index (χ4n) is 2.18. The largest absolute Gasteiger partial charge is 0.394 e. The molecular weight excluding hydrogens is 290 g/mol. The van der Waals surface area contributed by atoms with Gasteiger partial charge < -0.3 is 10.4 Å². The van der Waals surface area contributed by atoms with Gasteiger partial charge in [0, 0.05) is 0 Å². The quantitative estimate of drug-likeness (QED) is 0.833. The van der Waals surface area contributed by atoms with E-state index in [0.717, 1.165) is 0 Å². The van der Waals surface area contributed by atoms with E-state index in [1.54, 1.807) is 11.4 Å². The summed E-state index contributed by atoms with van der Waals surface area (Å²) in [6.07, 6.45) is 2.08. The molecule has 21 heavy (non-hydrogen) atoms. The Bertz CT molecular complexity index is 677. The third-order valence-corrected chi connectivity index (χ3v) is 3.93. The molecule has 2 N–H and O–H groups in total. The van der Waals surface area contributed by atoms with Crippen molar-refractivity contribution in [3.8, 4) is 0 Å². The average Bonchev–Trinajstić information content (AvgIpc) is 2.90. The summed E-state index contributed by atoms with van der Waals surface area (Å²) >= 11 is 1.39. The van der Waals surface area contributed by atoms with Crippen LogP contribution in [0.2, 0.25) is 0 Å². The van der Waals surface area contributed by atoms with Gasteiger partial charge in [-0.25, -0.2) is 4.98 Å². The topological polar surface area (TPSA) is 84.2 Å². The molecule has 2 aromatic rings. The zero-order valence-electron chi connectivity index (χ0n) is 12.1. The van der Waals surface area contributed by atoms with E-state index in [1.807, 2.05) is 13.8 Å². The third-order valence-electron chi connectivity index (χ3n) is 3.11. The minimum absolute atomic E-state index is 0.0911. The van der Waals surface area contributed by atoms with Gasteiger partial charge in [0.15, 0.2) is 0 Å². The Morgan fingerprint density at radius 1 is 1.52 bits per heavy atom. The summed E-state index contributed by atoms with van der Waals surface area (Å²) in [6, 6.07) is 1.42. The van der Waals surface area contributed by atoms with Crippen molar-refractivity contribution < 1.29 is 9.90 Å². The average molecular weight is 309 g/mol. The van der Waals surface area contributed by atoms with Gasteiger partial charge in [-0.2, -0.15) is 0 Å². The summed E-state index contributed by atoms with van der Waals surface area (Å²) in [5.74, 6) is 0.0715. The molecule has 0 radical (unpaired) electrons. The lowest BCUT2D eigenvalue weighted by molar-refractivity contribution is -0.122. The first kappa shape index (κ1) is 15.7. The van der Waals surface area contributed by atoms with Gasteiger partial charge in [0.25, 0.3) is 5.56 Å². The van der Waals surface area contributed by atoms with Gasteiger partial charge in [0.05, 0.1) is 24.4 Å². The first-order valence-corrected chi connectivity index (χ1v) is 7.72. The van der Waals surface area contributed by atoms with Crippen LogP contribution in [0.15, 0.2) is 22.6 Å². The van der Waals surface area contributed by atoms with Crippen molar-refractivity contribution in [1.29, 1.82) is 0 Å². The maximum Gasteiger partial charge on any atom is 0.262 e. The molecule has 2 heterocycles. The number of thiophene rings is 1. The van der Waals surface area contributed by atoms with Gasteiger partial charge in [0.1, 0.15) is 11.4 Å². The molecule has 0 aromatic carbocycles. The maximum absolute atomic E-state index is 12.2. The number of aromatic nitrogens is 2. The van der Waals surface area contributed by atoms with Crippen LogP contribution in [-0.4, -0.2) is 33.2 Å². The van der Waals surface area contributed by atoms with E-state index in [4.69, 9.17) is 0 Å². The number of amides is 1. The minimum atomic E-state index is -0.298. The molecule has 0 aliphatic heterocycles. The number of hydrogen-bond acceptors (Lipinski definition) is 5. The second-order valence-corrected chi connectivity index (χ2v) is 6.29. The van der Waals surface area contributed by atoms with Crippen molar-refractivity contribution in [2.45, 2.75) is 32.9 Å². The predicted molar refractivity (Wildman–Crippen MR) is 82.4 cm³/mol. The van der Waals surface area contributed by atoms with E-state index in [9.17, 15) is 14.7 Å². The standard InChI is InChI=1S/C14H19N3O3S/c1-9(2)5-10(7-18)16-12(19)6-17-8-15-13-11(14(17)20)3-4-21-13/h3-4,8-10,18H,5-7H2,1-2H3,(H,16,19). The monoisotopic (exact) mass is 309 g/mol. The molecule has 0 aliphatic carbocycles. The summed E-state index contributed by atoms with van der Waals surface area (Å²) in [5, 5.41) is 14.3. The van der Waals surface area contributed by atoms with E-state index in [1.165, 1.54) is 22.2 Å². The van der Waals surface area contributed by atoms with Crippen LogP contribution in [-0.2, 0) is 11.3 Å². The van der Waals surface area contributed by atoms with Crippen LogP contribution in [0.4, 0.5) is 0 Å². The molecule has 114 valence electrons. The molecule has 1 unspecified atom stereocenters. The Hall–Kier alpha value is -1.73. The number of hydrogen-bond donors (Lipinski definition) is 2. The molecule has 0 fully saturated rings. The molecule has 0 spiro atoms. The molecule has 6 nitrogen and oxygen atoms in total. The molecule has 1 atom stereocenters. The fraction of sp³-hybridized carbons (Fsp3) is 0.500. The number of rotatable bonds is 6. The number of fused-ring (bicyclic) bond motifs is 1. The maximum atomic E-state index is 12.2. The molecule has 2 rings (SSSR count). The third kappa shape index (κ3) is 3.89. The van der Waals surface area contributed by atoms with Crippen molar-refractivity contribution in [1.82, 2.24) is 14.9 Å². The summed E-state index contributed by atoms with van der Waals surface area (Å²) in [6.45, 7) is 3.84. The van der Waals surface area contributed by atoms with Crippen LogP contribution < -0.4 is 10.9 Å². The van der Waals surface area contributed by atoms with Crippen molar-refractivity contribution in [3.63, 3.8) is 0 Å². The number of nitrogens with zero attached hydrogens (tertiary/aromatic N) is 2. The van der Waals surface area contributed by atoms with Crippen molar-refractivity contribution in [2.24, 2.45) is 5.92 Å². The Morgan fingerprint density at radius 2 is 2.29 bits per heavy atom. The Kier molecular flexibility index (Phi) is 5.08. The van der Waals surface area contributed by atoms with Gasteiger partial charge >= 0.3 is 0 Å². The van der Waals surface area contributed by atoms with Gasteiger partial charge in [-0.3, -0.25) is 14.2 Å². The van der Waals surface area contributed by atoms with Gasteiger partial charge in [-0.15, -0.1) is 11.3 Å². The molecule has 0 saturated heterocycles. The normalized spacial score (nSPS) is 12.8. The zero-order valence-corrected chi connectivity index (χ0v) is 12.9. The first-order valence-electron chi connectivity index (χ1n) is 6.84. The fourth-order valence-corrected chi connectivity index (χ4v) is 2.91. The second-order valence-electron chi connectivity index (χ2n) is 5.39. The highest BCUT2D eigenvalue weighted by atomic mass is 32.1. The van der Waals surface area contributed by atoms with Crippen molar-refractivity contribution in [2.75, 3.05) is 6.61 Å². The zero-order chi connectivity index (χ0) is 15.4. The molecule has 0 aliphatic rings. The summed E-state index contributed by atoms with van der Waals surface area (Å²) in [5.41, 5.74) is -0.221. The second kappa shape index (κ2) is 6.82. The van der Waals surface area contributed by atoms with Crippen LogP contribution >= 0.6 is 11.3 Å². The molecule has 7 heteroatoms. The number of nitrogens with one attached hydrogen (secondary N) is 1. The van der Waals surface area contributed by atoms with Crippen LogP contribution in [0.3, 0.4) is 0 Å². The first-order chi connectivity index (χ1) is 10.0. The van der Waals surface area contributed by atoms with Crippen molar-refractivity contribution in [3.05, 3.63) is 28.1 Å². The van der Waals surface area contributed by atoms with Crippen LogP contribution in [0.25, 0.3) is 10.2 Å².